The van der Waals surface area contributed by atoms with Crippen molar-refractivity contribution in [1.29, 1.82) is 0 Å². The summed E-state index contributed by atoms with van der Waals surface area (Å²) in [5.41, 5.74) is 11.8. The summed E-state index contributed by atoms with van der Waals surface area (Å²) in [5, 5.41) is 8.32. The Balaban J connectivity index is 0.683. The van der Waals surface area contributed by atoms with E-state index in [-0.39, 0.29) is 30.2 Å². The predicted molar refractivity (Wildman–Crippen MR) is 224 cm³/mol. The van der Waals surface area contributed by atoms with Gasteiger partial charge in [0.25, 0.3) is 5.91 Å². The molecule has 1 atom stereocenters. The standard InChI is InChI=1S/C45H50N10O4/c46-42-40-41(31-6-9-36(10-7-31)59-35-4-2-1-3-5-35)50-55(43(40)48-28-47-42)33-16-18-51(19-17-33)24-30-25-52(26-30)23-29-14-20-53(21-15-29)34-8-11-37-32(22-34)27-54(45(37)58)38-12-13-39(56)49-44(38)57/h1-11,22,28-30,33,38H,12-21,23-27H2,(H2,46,47,48)(H,49,56,57). The molecule has 4 saturated heterocycles. The molecule has 0 spiro atoms. The highest BCUT2D eigenvalue weighted by atomic mass is 16.5. The van der Waals surface area contributed by atoms with Crippen LogP contribution < -0.4 is 20.7 Å². The van der Waals surface area contributed by atoms with Crippen LogP contribution in [0.5, 0.6) is 11.5 Å². The van der Waals surface area contributed by atoms with E-state index in [0.717, 1.165) is 110 Å². The van der Waals surface area contributed by atoms with Gasteiger partial charge in [0.05, 0.1) is 11.4 Å². The highest BCUT2D eigenvalue weighted by molar-refractivity contribution is 6.05. The second-order valence-corrected chi connectivity index (χ2v) is 17.0. The number of likely N-dealkylation sites (tertiary alicyclic amines) is 2. The largest absolute Gasteiger partial charge is 0.457 e. The van der Waals surface area contributed by atoms with E-state index in [1.54, 1.807) is 4.90 Å². The molecular weight excluding hydrogens is 745 g/mol. The molecule has 0 bridgehead atoms. The van der Waals surface area contributed by atoms with Gasteiger partial charge in [0.1, 0.15) is 35.4 Å². The van der Waals surface area contributed by atoms with Gasteiger partial charge in [0.2, 0.25) is 11.8 Å². The van der Waals surface area contributed by atoms with Crippen molar-refractivity contribution >= 4 is 40.3 Å². The molecule has 7 heterocycles. The third-order valence-electron chi connectivity index (χ3n) is 13.1. The van der Waals surface area contributed by atoms with Gasteiger partial charge in [-0.2, -0.15) is 5.10 Å². The second kappa shape index (κ2) is 15.7. The van der Waals surface area contributed by atoms with Crippen molar-refractivity contribution in [3.05, 3.63) is 90.3 Å². The molecular formula is C45H50N10O4. The number of ether oxygens (including phenoxy) is 1. The highest BCUT2D eigenvalue weighted by Crippen LogP contribution is 2.37. The van der Waals surface area contributed by atoms with Gasteiger partial charge in [-0.15, -0.1) is 0 Å². The van der Waals surface area contributed by atoms with Gasteiger partial charge >= 0.3 is 0 Å². The molecule has 5 aliphatic heterocycles. The lowest BCUT2D eigenvalue weighted by molar-refractivity contribution is -0.136. The molecule has 0 aliphatic carbocycles. The minimum absolute atomic E-state index is 0.121. The zero-order valence-electron chi connectivity index (χ0n) is 33.2. The van der Waals surface area contributed by atoms with Crippen LogP contribution in [-0.4, -0.2) is 111 Å². The lowest BCUT2D eigenvalue weighted by Gasteiger charge is -2.45. The van der Waals surface area contributed by atoms with Crippen LogP contribution in [0.2, 0.25) is 0 Å². The van der Waals surface area contributed by atoms with Crippen molar-refractivity contribution in [1.82, 2.24) is 39.8 Å². The number of piperidine rings is 3. The molecule has 3 amide bonds. The van der Waals surface area contributed by atoms with Gasteiger partial charge in [-0.1, -0.05) is 18.2 Å². The summed E-state index contributed by atoms with van der Waals surface area (Å²) in [4.78, 5) is 55.6. The van der Waals surface area contributed by atoms with Crippen molar-refractivity contribution in [2.24, 2.45) is 11.8 Å². The van der Waals surface area contributed by atoms with Crippen LogP contribution in [0.15, 0.2) is 79.1 Å². The maximum Gasteiger partial charge on any atom is 0.255 e. The maximum atomic E-state index is 13.2. The fourth-order valence-corrected chi connectivity index (χ4v) is 9.91. The van der Waals surface area contributed by atoms with Crippen molar-refractivity contribution in [3.63, 3.8) is 0 Å². The molecule has 0 radical (unpaired) electrons. The average molecular weight is 795 g/mol. The third kappa shape index (κ3) is 7.51. The third-order valence-corrected chi connectivity index (χ3v) is 13.1. The number of para-hydroxylation sites is 1. The molecule has 1 unspecified atom stereocenters. The first-order chi connectivity index (χ1) is 28.8. The Morgan fingerprint density at radius 2 is 1.53 bits per heavy atom. The van der Waals surface area contributed by atoms with E-state index in [0.29, 0.717) is 36.2 Å². The summed E-state index contributed by atoms with van der Waals surface area (Å²) in [6.07, 6.45) is 6.51. The molecule has 14 nitrogen and oxygen atoms in total. The number of imide groups is 1. The van der Waals surface area contributed by atoms with Gasteiger partial charge in [-0.05, 0) is 104 Å². The van der Waals surface area contributed by atoms with Crippen LogP contribution in [0, 0.1) is 11.8 Å². The fourth-order valence-electron chi connectivity index (χ4n) is 9.91. The van der Waals surface area contributed by atoms with Crippen molar-refractivity contribution in [3.8, 4) is 22.8 Å². The number of nitrogens with one attached hydrogen (secondary N) is 1. The summed E-state index contributed by atoms with van der Waals surface area (Å²) >= 11 is 0. The SMILES string of the molecule is Nc1ncnc2c1c(-c1ccc(Oc3ccccc3)cc1)nn2C1CCN(CC2CN(CC3CCN(c4ccc5c(c4)CN(C4CCC(=O)NC4=O)C5=O)CC3)C2)CC1. The Morgan fingerprint density at radius 3 is 2.29 bits per heavy atom. The molecule has 2 aromatic heterocycles. The van der Waals surface area contributed by atoms with Gasteiger partial charge in [-0.25, -0.2) is 14.6 Å². The van der Waals surface area contributed by atoms with E-state index in [9.17, 15) is 14.4 Å². The fraction of sp³-hybridized carbons (Fsp3) is 0.422. The number of fused-ring (bicyclic) bond motifs is 2. The molecule has 10 rings (SSSR count). The minimum Gasteiger partial charge on any atom is -0.457 e. The normalized spacial score (nSPS) is 21.2. The first-order valence-electron chi connectivity index (χ1n) is 21.1. The van der Waals surface area contributed by atoms with Crippen molar-refractivity contribution in [2.75, 3.05) is 63.0 Å². The Labute approximate surface area is 343 Å². The number of amides is 3. The van der Waals surface area contributed by atoms with Crippen LogP contribution in [-0.2, 0) is 16.1 Å². The number of aromatic nitrogens is 4. The quantitative estimate of drug-likeness (QED) is 0.181. The molecule has 5 aromatic rings. The zero-order valence-corrected chi connectivity index (χ0v) is 33.2. The van der Waals surface area contributed by atoms with Crippen LogP contribution in [0.1, 0.15) is 60.5 Å². The summed E-state index contributed by atoms with van der Waals surface area (Å²) in [5.74, 6) is 2.63. The van der Waals surface area contributed by atoms with E-state index in [2.05, 4.69) is 46.8 Å². The van der Waals surface area contributed by atoms with E-state index in [1.807, 2.05) is 60.7 Å². The molecule has 3 N–H and O–H groups in total. The number of carbonyl (C=O) groups is 3. The molecule has 4 fully saturated rings. The Morgan fingerprint density at radius 1 is 0.780 bits per heavy atom. The van der Waals surface area contributed by atoms with E-state index in [4.69, 9.17) is 15.6 Å². The second-order valence-electron chi connectivity index (χ2n) is 17.0. The number of benzene rings is 3. The molecule has 14 heteroatoms. The number of hydrogen-bond acceptors (Lipinski definition) is 11. The molecule has 5 aliphatic rings. The monoisotopic (exact) mass is 794 g/mol. The Kier molecular flexibility index (Phi) is 9.97. The Bertz CT molecular complexity index is 2360. The number of anilines is 2. The van der Waals surface area contributed by atoms with Crippen LogP contribution in [0.25, 0.3) is 22.3 Å². The topological polar surface area (TPSA) is 155 Å². The van der Waals surface area contributed by atoms with Crippen LogP contribution >= 0.6 is 0 Å². The van der Waals surface area contributed by atoms with Crippen LogP contribution in [0.3, 0.4) is 0 Å². The summed E-state index contributed by atoms with van der Waals surface area (Å²) in [6, 6.07) is 23.5. The van der Waals surface area contributed by atoms with E-state index in [1.165, 1.54) is 19.4 Å². The molecule has 0 saturated carbocycles. The highest BCUT2D eigenvalue weighted by Gasteiger charge is 2.40. The Hall–Kier alpha value is -5.86. The zero-order chi connectivity index (χ0) is 40.0. The smallest absolute Gasteiger partial charge is 0.255 e. The predicted octanol–water partition coefficient (Wildman–Crippen LogP) is 5.11. The van der Waals surface area contributed by atoms with Crippen molar-refractivity contribution in [2.45, 2.75) is 57.2 Å². The molecule has 3 aromatic carbocycles. The lowest BCUT2D eigenvalue weighted by atomic mass is 9.91. The van der Waals surface area contributed by atoms with E-state index < -0.39 is 6.04 Å². The van der Waals surface area contributed by atoms with Gasteiger partial charge < -0.3 is 30.1 Å². The van der Waals surface area contributed by atoms with Gasteiger partial charge in [0.15, 0.2) is 5.65 Å². The van der Waals surface area contributed by atoms with Crippen molar-refractivity contribution < 1.29 is 19.1 Å². The van der Waals surface area contributed by atoms with Crippen LogP contribution in [0.4, 0.5) is 11.5 Å². The number of nitrogen functional groups attached to an aromatic ring is 1. The average Bonchev–Trinajstić information content (AvgIpc) is 3.79. The number of rotatable bonds is 10. The van der Waals surface area contributed by atoms with E-state index >= 15 is 0 Å². The number of nitrogens with zero attached hydrogens (tertiary/aromatic N) is 8. The van der Waals surface area contributed by atoms with Gasteiger partial charge in [-0.3, -0.25) is 19.7 Å². The molecule has 304 valence electrons. The number of nitrogens with two attached hydrogens (primary N) is 1. The number of carbonyl (C=O) groups excluding carboxylic acids is 3. The lowest BCUT2D eigenvalue weighted by Crippen LogP contribution is -2.54. The van der Waals surface area contributed by atoms with Gasteiger partial charge in [0, 0.05) is 82.1 Å². The summed E-state index contributed by atoms with van der Waals surface area (Å²) in [7, 11) is 0. The summed E-state index contributed by atoms with van der Waals surface area (Å²) in [6.45, 7) is 9.12. The minimum atomic E-state index is -0.586. The number of hydrogen-bond donors (Lipinski definition) is 2. The first-order valence-corrected chi connectivity index (χ1v) is 21.1. The molecule has 59 heavy (non-hydrogen) atoms. The maximum absolute atomic E-state index is 13.2. The first kappa shape index (κ1) is 37.4. The summed E-state index contributed by atoms with van der Waals surface area (Å²) < 4.78 is 8.11.